The number of ether oxygens (including phenoxy) is 2. The lowest BCUT2D eigenvalue weighted by Crippen LogP contribution is -2.36. The first-order valence-corrected chi connectivity index (χ1v) is 14.7. The summed E-state index contributed by atoms with van der Waals surface area (Å²) in [4.78, 5) is 15.0. The van der Waals surface area contributed by atoms with Crippen LogP contribution in [0.4, 0.5) is 20.2 Å². The number of hydrogen-bond donors (Lipinski definition) is 1. The van der Waals surface area contributed by atoms with E-state index >= 15 is 0 Å². The van der Waals surface area contributed by atoms with Crippen LogP contribution in [0.15, 0.2) is 77.7 Å². The number of nitrogens with one attached hydrogen (secondary N) is 1. The molecule has 1 aromatic heterocycles. The maximum atomic E-state index is 14.6. The van der Waals surface area contributed by atoms with Gasteiger partial charge in [-0.1, -0.05) is 12.1 Å². The molecule has 0 atom stereocenters. The van der Waals surface area contributed by atoms with Crippen molar-refractivity contribution in [2.75, 3.05) is 41.7 Å². The fraction of sp³-hybridized carbons (Fsp3) is 0.233. The van der Waals surface area contributed by atoms with Crippen molar-refractivity contribution < 1.29 is 26.7 Å². The van der Waals surface area contributed by atoms with Gasteiger partial charge in [-0.15, -0.1) is 0 Å². The highest BCUT2D eigenvalue weighted by molar-refractivity contribution is 7.92. The van der Waals surface area contributed by atoms with E-state index in [0.717, 1.165) is 30.4 Å². The number of pyridine rings is 1. The first-order valence-electron chi connectivity index (χ1n) is 13.0. The summed E-state index contributed by atoms with van der Waals surface area (Å²) in [6.07, 6.45) is 1.62. The van der Waals surface area contributed by atoms with Crippen LogP contribution in [0.25, 0.3) is 22.3 Å². The second kappa shape index (κ2) is 11.7. The van der Waals surface area contributed by atoms with E-state index in [2.05, 4.69) is 9.62 Å². The van der Waals surface area contributed by atoms with Crippen molar-refractivity contribution in [2.24, 2.45) is 7.05 Å². The molecule has 4 aromatic rings. The minimum Gasteiger partial charge on any atom is -0.454 e. The molecule has 214 valence electrons. The summed E-state index contributed by atoms with van der Waals surface area (Å²) in [7, 11) is -2.01. The average molecular weight is 582 g/mol. The smallest absolute Gasteiger partial charge is 0.250 e. The Morgan fingerprint density at radius 1 is 0.902 bits per heavy atom. The Kier molecular flexibility index (Phi) is 8.09. The SMILES string of the molecule is CCS(=O)(=O)Nc1ccc(Oc2ccc(F)cc2F)c(-c2cn(C)c(=O)cc2-c2ccc(N3CCOCC3)cc2)c1. The van der Waals surface area contributed by atoms with Gasteiger partial charge in [0.25, 0.3) is 5.56 Å². The molecule has 3 aromatic carbocycles. The summed E-state index contributed by atoms with van der Waals surface area (Å²) in [6, 6.07) is 16.8. The summed E-state index contributed by atoms with van der Waals surface area (Å²) in [5, 5.41) is 0. The highest BCUT2D eigenvalue weighted by Crippen LogP contribution is 2.41. The molecule has 1 aliphatic rings. The van der Waals surface area contributed by atoms with Gasteiger partial charge in [-0.3, -0.25) is 9.52 Å². The topological polar surface area (TPSA) is 89.9 Å². The Morgan fingerprint density at radius 2 is 1.61 bits per heavy atom. The number of anilines is 2. The van der Waals surface area contributed by atoms with Crippen molar-refractivity contribution in [3.8, 4) is 33.8 Å². The van der Waals surface area contributed by atoms with Crippen LogP contribution in [0, 0.1) is 11.6 Å². The van der Waals surface area contributed by atoms with Crippen LogP contribution >= 0.6 is 0 Å². The largest absolute Gasteiger partial charge is 0.454 e. The second-order valence-electron chi connectivity index (χ2n) is 9.59. The molecule has 2 heterocycles. The average Bonchev–Trinajstić information content (AvgIpc) is 2.97. The van der Waals surface area contributed by atoms with Gasteiger partial charge in [0.15, 0.2) is 11.6 Å². The van der Waals surface area contributed by atoms with Gasteiger partial charge >= 0.3 is 0 Å². The van der Waals surface area contributed by atoms with Gasteiger partial charge in [0.1, 0.15) is 11.6 Å². The predicted molar refractivity (Wildman–Crippen MR) is 155 cm³/mol. The molecule has 41 heavy (non-hydrogen) atoms. The third kappa shape index (κ3) is 6.41. The third-order valence-electron chi connectivity index (χ3n) is 6.82. The van der Waals surface area contributed by atoms with E-state index in [1.807, 2.05) is 24.3 Å². The highest BCUT2D eigenvalue weighted by Gasteiger charge is 2.19. The Labute approximate surface area is 236 Å². The van der Waals surface area contributed by atoms with Crippen LogP contribution in [0.3, 0.4) is 0 Å². The quantitative estimate of drug-likeness (QED) is 0.300. The fourth-order valence-corrected chi connectivity index (χ4v) is 5.21. The zero-order valence-corrected chi connectivity index (χ0v) is 23.4. The molecular weight excluding hydrogens is 552 g/mol. The van der Waals surface area contributed by atoms with E-state index in [-0.39, 0.29) is 28.5 Å². The van der Waals surface area contributed by atoms with Crippen molar-refractivity contribution >= 4 is 21.4 Å². The number of aromatic nitrogens is 1. The van der Waals surface area contributed by atoms with E-state index in [1.165, 1.54) is 35.8 Å². The molecule has 1 N–H and O–H groups in total. The first-order chi connectivity index (χ1) is 19.6. The van der Waals surface area contributed by atoms with E-state index < -0.39 is 21.7 Å². The number of nitrogens with zero attached hydrogens (tertiary/aromatic N) is 2. The summed E-state index contributed by atoms with van der Waals surface area (Å²) in [6.45, 7) is 4.37. The molecule has 0 unspecified atom stereocenters. The third-order valence-corrected chi connectivity index (χ3v) is 8.13. The van der Waals surface area contributed by atoms with Crippen LogP contribution in [-0.4, -0.2) is 45.0 Å². The van der Waals surface area contributed by atoms with Crippen molar-refractivity contribution in [3.05, 3.63) is 94.9 Å². The maximum absolute atomic E-state index is 14.6. The number of halogens is 2. The summed E-state index contributed by atoms with van der Waals surface area (Å²) in [5.41, 5.74) is 3.28. The monoisotopic (exact) mass is 581 g/mol. The second-order valence-corrected chi connectivity index (χ2v) is 11.6. The molecule has 0 saturated carbocycles. The number of morpholine rings is 1. The lowest BCUT2D eigenvalue weighted by molar-refractivity contribution is 0.122. The predicted octanol–water partition coefficient (Wildman–Crippen LogP) is 5.39. The zero-order chi connectivity index (χ0) is 29.1. The van der Waals surface area contributed by atoms with Gasteiger partial charge in [-0.2, -0.15) is 0 Å². The molecule has 8 nitrogen and oxygen atoms in total. The van der Waals surface area contributed by atoms with Crippen LogP contribution in [0.1, 0.15) is 6.92 Å². The molecule has 0 spiro atoms. The summed E-state index contributed by atoms with van der Waals surface area (Å²) < 4.78 is 68.0. The molecule has 1 fully saturated rings. The summed E-state index contributed by atoms with van der Waals surface area (Å²) in [5.74, 6) is -1.82. The minimum absolute atomic E-state index is 0.137. The molecular formula is C30H29F2N3O5S. The van der Waals surface area contributed by atoms with Crippen molar-refractivity contribution in [3.63, 3.8) is 0 Å². The van der Waals surface area contributed by atoms with Crippen molar-refractivity contribution in [1.82, 2.24) is 4.57 Å². The molecule has 0 radical (unpaired) electrons. The number of aryl methyl sites for hydroxylation is 1. The standard InChI is InChI=1S/C30H29F2N3O5S/c1-3-41(37,38)33-22-7-11-28(40-29-10-6-21(31)16-27(29)32)25(17-22)26-19-34(2)30(36)18-24(26)20-4-8-23(9-5-20)35-12-14-39-15-13-35/h4-11,16-19,33H,3,12-15H2,1-2H3. The molecule has 11 heteroatoms. The lowest BCUT2D eigenvalue weighted by Gasteiger charge is -2.29. The molecule has 5 rings (SSSR count). The number of benzene rings is 3. The van der Waals surface area contributed by atoms with Gasteiger partial charge in [-0.05, 0) is 60.5 Å². The maximum Gasteiger partial charge on any atom is 0.250 e. The van der Waals surface area contributed by atoms with Crippen LogP contribution in [0.2, 0.25) is 0 Å². The van der Waals surface area contributed by atoms with E-state index in [1.54, 1.807) is 19.3 Å². The van der Waals surface area contributed by atoms with Crippen LogP contribution in [-0.2, 0) is 21.8 Å². The van der Waals surface area contributed by atoms with Gasteiger partial charge in [0.05, 0.1) is 19.0 Å². The zero-order valence-electron chi connectivity index (χ0n) is 22.6. The molecule has 0 aliphatic carbocycles. The van der Waals surface area contributed by atoms with Gasteiger partial charge < -0.3 is 18.9 Å². The van der Waals surface area contributed by atoms with Crippen molar-refractivity contribution in [2.45, 2.75) is 6.92 Å². The Hall–Kier alpha value is -4.22. The van der Waals surface area contributed by atoms with Crippen LogP contribution < -0.4 is 19.9 Å². The fourth-order valence-electron chi connectivity index (χ4n) is 4.58. The molecule has 1 aliphatic heterocycles. The Morgan fingerprint density at radius 3 is 2.29 bits per heavy atom. The molecule has 1 saturated heterocycles. The van der Waals surface area contributed by atoms with E-state index in [9.17, 15) is 22.0 Å². The lowest BCUT2D eigenvalue weighted by atomic mass is 9.95. The van der Waals surface area contributed by atoms with Gasteiger partial charge in [0.2, 0.25) is 10.0 Å². The van der Waals surface area contributed by atoms with Crippen LogP contribution in [0.5, 0.6) is 11.5 Å². The first kappa shape index (κ1) is 28.3. The minimum atomic E-state index is -3.61. The Balaban J connectivity index is 1.64. The number of hydrogen-bond acceptors (Lipinski definition) is 6. The highest BCUT2D eigenvalue weighted by atomic mass is 32.2. The summed E-state index contributed by atoms with van der Waals surface area (Å²) >= 11 is 0. The number of rotatable bonds is 8. The molecule has 0 bridgehead atoms. The normalized spacial score (nSPS) is 13.7. The molecule has 0 amide bonds. The number of sulfonamides is 1. The van der Waals surface area contributed by atoms with E-state index in [0.29, 0.717) is 36.0 Å². The van der Waals surface area contributed by atoms with Gasteiger partial charge in [-0.25, -0.2) is 17.2 Å². The Bertz CT molecular complexity index is 1730. The van der Waals surface area contributed by atoms with Gasteiger partial charge in [0, 0.05) is 61.0 Å². The van der Waals surface area contributed by atoms with Crippen molar-refractivity contribution in [1.29, 1.82) is 0 Å². The van der Waals surface area contributed by atoms with E-state index in [4.69, 9.17) is 9.47 Å².